The van der Waals surface area contributed by atoms with Gasteiger partial charge in [-0.15, -0.1) is 0 Å². The second-order valence-corrected chi connectivity index (χ2v) is 13.6. The maximum absolute atomic E-state index is 8.06. The number of hydrogen-bond donors (Lipinski definition) is 0. The minimum absolute atomic E-state index is 0.0563. The summed E-state index contributed by atoms with van der Waals surface area (Å²) in [6.07, 6.45) is 0. The zero-order chi connectivity index (χ0) is 32.6. The fourth-order valence-electron chi connectivity index (χ4n) is 7.38. The van der Waals surface area contributed by atoms with Crippen LogP contribution in [-0.2, 0) is 5.41 Å². The third kappa shape index (κ3) is 4.46. The number of benzene rings is 8. The van der Waals surface area contributed by atoms with Crippen molar-refractivity contribution in [2.75, 3.05) is 0 Å². The minimum Gasteiger partial charge on any atom is -0.456 e. The largest absolute Gasteiger partial charge is 0.456 e. The molecule has 1 aromatic heterocycles. The Hall–Kier alpha value is -5.66. The van der Waals surface area contributed by atoms with Crippen LogP contribution in [0, 0.1) is 0 Å². The van der Waals surface area contributed by atoms with Crippen molar-refractivity contribution in [3.05, 3.63) is 157 Å². The van der Waals surface area contributed by atoms with Crippen LogP contribution in [0.25, 0.3) is 87.6 Å². The minimum atomic E-state index is 0.0563. The molecule has 0 aliphatic rings. The quantitative estimate of drug-likeness (QED) is 0.183. The van der Waals surface area contributed by atoms with Gasteiger partial charge >= 0.3 is 0 Å². The normalized spacial score (nSPS) is 12.4. The van der Waals surface area contributed by atoms with E-state index in [0.29, 0.717) is 6.04 Å². The van der Waals surface area contributed by atoms with Crippen molar-refractivity contribution in [3.63, 3.8) is 0 Å². The van der Waals surface area contributed by atoms with Crippen molar-refractivity contribution in [2.24, 2.45) is 0 Å². The molecular formula is C46H34O. The highest BCUT2D eigenvalue weighted by Gasteiger charge is 2.19. The first kappa shape index (κ1) is 26.5. The molecule has 8 aromatic carbocycles. The second-order valence-electron chi connectivity index (χ2n) is 13.6. The lowest BCUT2D eigenvalue weighted by molar-refractivity contribution is 0.587. The average Bonchev–Trinajstić information content (AvgIpc) is 3.48. The molecule has 0 fully saturated rings. The van der Waals surface area contributed by atoms with Crippen molar-refractivity contribution in [2.45, 2.75) is 26.2 Å². The lowest BCUT2D eigenvalue weighted by Crippen LogP contribution is -2.10. The Morgan fingerprint density at radius 1 is 0.468 bits per heavy atom. The fourth-order valence-corrected chi connectivity index (χ4v) is 7.38. The van der Waals surface area contributed by atoms with E-state index in [1.807, 2.05) is 12.1 Å². The highest BCUT2D eigenvalue weighted by Crippen LogP contribution is 2.45. The molecule has 224 valence electrons. The summed E-state index contributed by atoms with van der Waals surface area (Å²) in [7, 11) is 0. The van der Waals surface area contributed by atoms with Crippen LogP contribution in [0.5, 0.6) is 0 Å². The Labute approximate surface area is 276 Å². The number of furan rings is 1. The van der Waals surface area contributed by atoms with Crippen LogP contribution in [0.15, 0.2) is 156 Å². The summed E-state index contributed by atoms with van der Waals surface area (Å²) < 4.78 is 14.5. The van der Waals surface area contributed by atoms with Crippen molar-refractivity contribution in [3.8, 4) is 33.4 Å². The molecule has 0 unspecified atom stereocenters. The highest BCUT2D eigenvalue weighted by atomic mass is 16.3. The Balaban J connectivity index is 1.21. The Bertz CT molecular complexity index is 2650. The Kier molecular flexibility index (Phi) is 5.90. The standard InChI is InChI=1S/C46H34O/c1-46(2,3)34-25-26-40-42(28-34)47-41-18-10-17-35(45(40)41)30-20-22-31(23-21-30)43-36-13-6-8-15-38(36)44(39-16-9-7-14-37(39)43)33-24-19-29-11-4-5-12-32(29)27-33/h4-28H,1-3H3/i4D. The summed E-state index contributed by atoms with van der Waals surface area (Å²) in [5.41, 5.74) is 10.4. The van der Waals surface area contributed by atoms with E-state index in [0.717, 1.165) is 32.7 Å². The summed E-state index contributed by atoms with van der Waals surface area (Å²) >= 11 is 0. The molecule has 1 heteroatoms. The topological polar surface area (TPSA) is 13.1 Å². The van der Waals surface area contributed by atoms with Gasteiger partial charge in [0, 0.05) is 10.8 Å². The summed E-state index contributed by atoms with van der Waals surface area (Å²) in [6, 6.07) is 52.7. The van der Waals surface area contributed by atoms with Gasteiger partial charge in [-0.2, -0.15) is 0 Å². The molecule has 0 saturated carbocycles. The lowest BCUT2D eigenvalue weighted by Gasteiger charge is -2.18. The maximum Gasteiger partial charge on any atom is 0.136 e. The molecular weight excluding hydrogens is 569 g/mol. The number of fused-ring (bicyclic) bond motifs is 6. The maximum atomic E-state index is 8.06. The number of hydrogen-bond acceptors (Lipinski definition) is 1. The van der Waals surface area contributed by atoms with E-state index in [1.165, 1.54) is 60.5 Å². The molecule has 0 amide bonds. The molecule has 0 aliphatic heterocycles. The van der Waals surface area contributed by atoms with Crippen LogP contribution < -0.4 is 0 Å². The molecule has 0 spiro atoms. The zero-order valence-corrected chi connectivity index (χ0v) is 26.8. The zero-order valence-electron chi connectivity index (χ0n) is 27.8. The summed E-state index contributed by atoms with van der Waals surface area (Å²) in [5.74, 6) is 0. The third-order valence-electron chi connectivity index (χ3n) is 9.75. The molecule has 9 aromatic rings. The predicted octanol–water partition coefficient (Wildman–Crippen LogP) is 13.3. The average molecular weight is 604 g/mol. The van der Waals surface area contributed by atoms with E-state index in [9.17, 15) is 0 Å². The summed E-state index contributed by atoms with van der Waals surface area (Å²) in [5, 5.41) is 9.48. The lowest BCUT2D eigenvalue weighted by atomic mass is 9.85. The highest BCUT2D eigenvalue weighted by molar-refractivity contribution is 6.22. The third-order valence-corrected chi connectivity index (χ3v) is 9.75. The van der Waals surface area contributed by atoms with Crippen LogP contribution in [0.2, 0.25) is 0 Å². The number of rotatable bonds is 3. The molecule has 0 atom stereocenters. The van der Waals surface area contributed by atoms with Gasteiger partial charge in [0.25, 0.3) is 0 Å². The predicted molar refractivity (Wildman–Crippen MR) is 201 cm³/mol. The van der Waals surface area contributed by atoms with Gasteiger partial charge in [-0.05, 0) is 94.9 Å². The van der Waals surface area contributed by atoms with Crippen LogP contribution in [0.4, 0.5) is 0 Å². The van der Waals surface area contributed by atoms with Gasteiger partial charge in [-0.1, -0.05) is 154 Å². The molecule has 0 aliphatic carbocycles. The first-order valence-electron chi connectivity index (χ1n) is 16.8. The smallest absolute Gasteiger partial charge is 0.136 e. The van der Waals surface area contributed by atoms with E-state index in [-0.39, 0.29) is 5.41 Å². The molecule has 47 heavy (non-hydrogen) atoms. The van der Waals surface area contributed by atoms with Gasteiger partial charge in [0.15, 0.2) is 0 Å². The van der Waals surface area contributed by atoms with Gasteiger partial charge in [0.2, 0.25) is 0 Å². The van der Waals surface area contributed by atoms with Gasteiger partial charge < -0.3 is 4.42 Å². The van der Waals surface area contributed by atoms with E-state index in [2.05, 4.69) is 154 Å². The van der Waals surface area contributed by atoms with Crippen molar-refractivity contribution >= 4 is 54.3 Å². The van der Waals surface area contributed by atoms with Crippen molar-refractivity contribution in [1.29, 1.82) is 0 Å². The first-order chi connectivity index (χ1) is 23.3. The molecule has 9 rings (SSSR count). The van der Waals surface area contributed by atoms with E-state index in [4.69, 9.17) is 5.79 Å². The molecule has 0 saturated heterocycles. The molecule has 0 N–H and O–H groups in total. The Morgan fingerprint density at radius 3 is 1.79 bits per heavy atom. The summed E-state index contributed by atoms with van der Waals surface area (Å²) in [4.78, 5) is 0. The molecule has 1 nitrogen and oxygen atoms in total. The summed E-state index contributed by atoms with van der Waals surface area (Å²) in [6.45, 7) is 6.71. The fraction of sp³-hybridized carbons (Fsp3) is 0.0870. The second kappa shape index (κ2) is 10.4. The first-order valence-corrected chi connectivity index (χ1v) is 16.3. The van der Waals surface area contributed by atoms with Crippen molar-refractivity contribution in [1.82, 2.24) is 0 Å². The Morgan fingerprint density at radius 2 is 1.11 bits per heavy atom. The van der Waals surface area contributed by atoms with Crippen LogP contribution in [-0.4, -0.2) is 0 Å². The molecule has 1 heterocycles. The van der Waals surface area contributed by atoms with Crippen LogP contribution >= 0.6 is 0 Å². The monoisotopic (exact) mass is 603 g/mol. The van der Waals surface area contributed by atoms with E-state index < -0.39 is 0 Å². The van der Waals surface area contributed by atoms with E-state index >= 15 is 0 Å². The van der Waals surface area contributed by atoms with E-state index in [1.54, 1.807) is 0 Å². The van der Waals surface area contributed by atoms with Crippen molar-refractivity contribution < 1.29 is 5.79 Å². The van der Waals surface area contributed by atoms with Gasteiger partial charge in [-0.25, -0.2) is 0 Å². The SMILES string of the molecule is [2H]c1ccc2cc(-c3c4ccccc4c(-c4ccc(-c5cccc6oc7cc(C(C)(C)C)ccc7c56)cc4)c4ccccc34)ccc2c1. The van der Waals surface area contributed by atoms with Gasteiger partial charge in [-0.3, -0.25) is 0 Å². The molecule has 0 radical (unpaired) electrons. The van der Waals surface area contributed by atoms with Crippen LogP contribution in [0.1, 0.15) is 27.7 Å². The van der Waals surface area contributed by atoms with Crippen LogP contribution in [0.3, 0.4) is 0 Å². The van der Waals surface area contributed by atoms with Gasteiger partial charge in [0.1, 0.15) is 11.2 Å². The van der Waals surface area contributed by atoms with Gasteiger partial charge in [0.05, 0.1) is 1.37 Å². The molecule has 0 bridgehead atoms.